The second-order valence-electron chi connectivity index (χ2n) is 3.89. The number of aromatic amines is 1. The molecule has 0 atom stereocenters. The van der Waals surface area contributed by atoms with Gasteiger partial charge in [-0.3, -0.25) is 14.9 Å². The molecule has 2 N–H and O–H groups in total. The molecule has 1 heterocycles. The van der Waals surface area contributed by atoms with Crippen molar-refractivity contribution in [1.82, 2.24) is 9.97 Å². The molecule has 0 saturated heterocycles. The van der Waals surface area contributed by atoms with Crippen LogP contribution in [-0.4, -0.2) is 14.9 Å². The Labute approximate surface area is 114 Å². The molecule has 110 valence electrons. The van der Waals surface area contributed by atoms with E-state index in [0.29, 0.717) is 0 Å². The Hall–Kier alpha value is -2.91. The molecule has 0 radical (unpaired) electrons. The number of rotatable bonds is 3. The first-order valence-corrected chi connectivity index (χ1v) is 5.45. The van der Waals surface area contributed by atoms with Gasteiger partial charge in [-0.2, -0.15) is 13.2 Å². The van der Waals surface area contributed by atoms with Crippen molar-refractivity contribution in [1.29, 1.82) is 0 Å². The van der Waals surface area contributed by atoms with E-state index >= 15 is 0 Å². The number of nitro groups is 1. The van der Waals surface area contributed by atoms with E-state index in [1.807, 2.05) is 4.98 Å². The number of anilines is 2. The topological polar surface area (TPSA) is 101 Å². The average molecular weight is 300 g/mol. The van der Waals surface area contributed by atoms with E-state index in [1.165, 1.54) is 0 Å². The molecule has 0 aliphatic carbocycles. The Morgan fingerprint density at radius 1 is 1.24 bits per heavy atom. The van der Waals surface area contributed by atoms with Crippen molar-refractivity contribution in [3.63, 3.8) is 0 Å². The van der Waals surface area contributed by atoms with Crippen LogP contribution in [0.5, 0.6) is 0 Å². The smallest absolute Gasteiger partial charge is 0.334 e. The summed E-state index contributed by atoms with van der Waals surface area (Å²) in [4.78, 5) is 26.8. The fourth-order valence-corrected chi connectivity index (χ4v) is 1.53. The fourth-order valence-electron chi connectivity index (χ4n) is 1.53. The normalized spacial score (nSPS) is 11.2. The lowest BCUT2D eigenvalue weighted by Crippen LogP contribution is -2.14. The Morgan fingerprint density at radius 2 is 1.86 bits per heavy atom. The molecule has 1 aromatic carbocycles. The van der Waals surface area contributed by atoms with E-state index in [4.69, 9.17) is 0 Å². The second-order valence-corrected chi connectivity index (χ2v) is 3.89. The number of nitrogens with zero attached hydrogens (tertiary/aromatic N) is 2. The summed E-state index contributed by atoms with van der Waals surface area (Å²) in [6, 6.07) is 3.77. The van der Waals surface area contributed by atoms with Crippen LogP contribution >= 0.6 is 0 Å². The minimum atomic E-state index is -4.48. The summed E-state index contributed by atoms with van der Waals surface area (Å²) in [7, 11) is 0. The minimum Gasteiger partial charge on any atom is -0.334 e. The monoisotopic (exact) mass is 300 g/mol. The number of alkyl halides is 3. The Balaban J connectivity index is 2.33. The van der Waals surface area contributed by atoms with Crippen LogP contribution in [0, 0.1) is 10.1 Å². The number of benzene rings is 1. The van der Waals surface area contributed by atoms with Gasteiger partial charge in [0.1, 0.15) is 0 Å². The van der Waals surface area contributed by atoms with Gasteiger partial charge in [-0.15, -0.1) is 0 Å². The molecule has 0 bridgehead atoms. The van der Waals surface area contributed by atoms with Crippen molar-refractivity contribution in [2.45, 2.75) is 6.18 Å². The van der Waals surface area contributed by atoms with Crippen LogP contribution in [0.3, 0.4) is 0 Å². The number of H-pyrrole nitrogens is 1. The first kappa shape index (κ1) is 14.5. The van der Waals surface area contributed by atoms with Crippen LogP contribution in [-0.2, 0) is 6.18 Å². The molecule has 7 nitrogen and oxygen atoms in total. The highest BCUT2D eigenvalue weighted by atomic mass is 19.4. The molecule has 2 aromatic rings. The first-order valence-electron chi connectivity index (χ1n) is 5.45. The Bertz CT molecular complexity index is 725. The third-order valence-electron chi connectivity index (χ3n) is 2.49. The van der Waals surface area contributed by atoms with E-state index in [1.54, 1.807) is 0 Å². The molecule has 0 unspecified atom stereocenters. The number of aromatic nitrogens is 2. The van der Waals surface area contributed by atoms with Gasteiger partial charge in [-0.1, -0.05) is 0 Å². The molecular weight excluding hydrogens is 293 g/mol. The molecule has 21 heavy (non-hydrogen) atoms. The zero-order valence-corrected chi connectivity index (χ0v) is 10.1. The lowest BCUT2D eigenvalue weighted by atomic mass is 10.2. The summed E-state index contributed by atoms with van der Waals surface area (Å²) in [5.74, 6) is -0.358. The van der Waals surface area contributed by atoms with Gasteiger partial charge in [0.2, 0.25) is 5.82 Å². The predicted molar refractivity (Wildman–Crippen MR) is 66.2 cm³/mol. The van der Waals surface area contributed by atoms with Gasteiger partial charge < -0.3 is 10.3 Å². The first-order chi connectivity index (χ1) is 9.79. The lowest BCUT2D eigenvalue weighted by Gasteiger charge is -2.08. The van der Waals surface area contributed by atoms with Gasteiger partial charge in [0, 0.05) is 5.69 Å². The van der Waals surface area contributed by atoms with Gasteiger partial charge in [0.15, 0.2) is 0 Å². The lowest BCUT2D eigenvalue weighted by molar-refractivity contribution is -0.385. The Kier molecular flexibility index (Phi) is 3.61. The quantitative estimate of drug-likeness (QED) is 0.669. The summed E-state index contributed by atoms with van der Waals surface area (Å²) >= 11 is 0. The second kappa shape index (κ2) is 5.23. The largest absolute Gasteiger partial charge is 0.416 e. The summed E-state index contributed by atoms with van der Waals surface area (Å²) in [6.45, 7) is 0. The van der Waals surface area contributed by atoms with E-state index in [-0.39, 0.29) is 11.5 Å². The van der Waals surface area contributed by atoms with Gasteiger partial charge >= 0.3 is 17.4 Å². The standard InChI is InChI=1S/C11H7F3N4O3/c12-11(13,14)6-1-3-7(4-2-6)17-9-8(18(20)21)10(19)16-5-15-9/h1-5H,(H2,15,16,17,19). The maximum atomic E-state index is 12.4. The van der Waals surface area contributed by atoms with Crippen molar-refractivity contribution < 1.29 is 18.1 Å². The third kappa shape index (κ3) is 3.16. The molecule has 10 heteroatoms. The molecule has 1 aromatic heterocycles. The van der Waals surface area contributed by atoms with E-state index in [0.717, 1.165) is 30.6 Å². The number of nitrogens with one attached hydrogen (secondary N) is 2. The maximum Gasteiger partial charge on any atom is 0.416 e. The molecule has 0 saturated carbocycles. The third-order valence-corrected chi connectivity index (χ3v) is 2.49. The molecule has 0 spiro atoms. The zero-order valence-electron chi connectivity index (χ0n) is 10.1. The van der Waals surface area contributed by atoms with Crippen LogP contribution in [0.1, 0.15) is 5.56 Å². The summed E-state index contributed by atoms with van der Waals surface area (Å²) in [5, 5.41) is 13.2. The molecule has 2 rings (SSSR count). The van der Waals surface area contributed by atoms with Crippen molar-refractivity contribution in [2.75, 3.05) is 5.32 Å². The van der Waals surface area contributed by atoms with E-state index < -0.39 is 27.9 Å². The van der Waals surface area contributed by atoms with Crippen LogP contribution in [0.4, 0.5) is 30.4 Å². The summed E-state index contributed by atoms with van der Waals surface area (Å²) < 4.78 is 37.2. The van der Waals surface area contributed by atoms with Gasteiger partial charge in [0.25, 0.3) is 0 Å². The van der Waals surface area contributed by atoms with Crippen LogP contribution in [0.2, 0.25) is 0 Å². The SMILES string of the molecule is O=c1[nH]cnc(Nc2ccc(C(F)(F)F)cc2)c1[N+](=O)[O-]. The number of halogens is 3. The summed E-state index contributed by atoms with van der Waals surface area (Å²) in [5.41, 5.74) is -2.52. The van der Waals surface area contributed by atoms with E-state index in [9.17, 15) is 28.1 Å². The van der Waals surface area contributed by atoms with Crippen molar-refractivity contribution >= 4 is 17.2 Å². The summed E-state index contributed by atoms with van der Waals surface area (Å²) in [6.07, 6.45) is -3.53. The number of hydrogen-bond acceptors (Lipinski definition) is 5. The van der Waals surface area contributed by atoms with Gasteiger partial charge in [0.05, 0.1) is 16.8 Å². The molecule has 0 fully saturated rings. The minimum absolute atomic E-state index is 0.129. The van der Waals surface area contributed by atoms with Crippen molar-refractivity contribution in [2.24, 2.45) is 0 Å². The predicted octanol–water partition coefficient (Wildman–Crippen LogP) is 2.44. The highest BCUT2D eigenvalue weighted by Crippen LogP contribution is 2.30. The molecule has 0 amide bonds. The zero-order chi connectivity index (χ0) is 15.6. The average Bonchev–Trinajstić information content (AvgIpc) is 2.38. The molecular formula is C11H7F3N4O3. The van der Waals surface area contributed by atoms with Crippen LogP contribution in [0.25, 0.3) is 0 Å². The van der Waals surface area contributed by atoms with Crippen LogP contribution < -0.4 is 10.9 Å². The molecule has 0 aliphatic heterocycles. The molecule has 0 aliphatic rings. The highest BCUT2D eigenvalue weighted by molar-refractivity contribution is 5.64. The van der Waals surface area contributed by atoms with E-state index in [2.05, 4.69) is 10.3 Å². The van der Waals surface area contributed by atoms with Crippen LogP contribution in [0.15, 0.2) is 35.4 Å². The van der Waals surface area contributed by atoms with Crippen molar-refractivity contribution in [3.8, 4) is 0 Å². The fraction of sp³-hybridized carbons (Fsp3) is 0.0909. The maximum absolute atomic E-state index is 12.4. The van der Waals surface area contributed by atoms with Gasteiger partial charge in [-0.25, -0.2) is 4.98 Å². The van der Waals surface area contributed by atoms with Crippen molar-refractivity contribution in [3.05, 3.63) is 56.6 Å². The Morgan fingerprint density at radius 3 is 2.38 bits per heavy atom. The van der Waals surface area contributed by atoms with Gasteiger partial charge in [-0.05, 0) is 24.3 Å². The number of hydrogen-bond donors (Lipinski definition) is 2. The highest BCUT2D eigenvalue weighted by Gasteiger charge is 2.30.